The molecule has 2 rings (SSSR count). The fourth-order valence-corrected chi connectivity index (χ4v) is 1.94. The second-order valence-corrected chi connectivity index (χ2v) is 4.97. The molecule has 9 heteroatoms. The molecule has 136 valence electrons. The predicted molar refractivity (Wildman–Crippen MR) is 88.8 cm³/mol. The molecule has 0 aliphatic carbocycles. The standard InChI is InChI=1S/C17H14F3N3O3/c1-26-13-8-6-12(7-9-13)22-15(24)16(25)23-21-10-11-4-2-3-5-14(11)17(18,19)20/h2-10H,1H3,(H,22,24)(H,23,25)/b21-10+. The Labute approximate surface area is 146 Å². The number of benzene rings is 2. The van der Waals surface area contributed by atoms with Gasteiger partial charge in [-0.3, -0.25) is 9.59 Å². The van der Waals surface area contributed by atoms with Crippen molar-refractivity contribution in [2.45, 2.75) is 6.18 Å². The zero-order chi connectivity index (χ0) is 19.2. The van der Waals surface area contributed by atoms with E-state index in [1.807, 2.05) is 5.43 Å². The van der Waals surface area contributed by atoms with Gasteiger partial charge in [-0.05, 0) is 30.3 Å². The summed E-state index contributed by atoms with van der Waals surface area (Å²) in [4.78, 5) is 23.4. The second kappa shape index (κ2) is 8.15. The Morgan fingerprint density at radius 1 is 1.04 bits per heavy atom. The number of amides is 2. The molecule has 0 saturated heterocycles. The predicted octanol–water partition coefficient (Wildman–Crippen LogP) is 2.80. The van der Waals surface area contributed by atoms with Crippen molar-refractivity contribution in [3.05, 3.63) is 59.7 Å². The van der Waals surface area contributed by atoms with Crippen LogP contribution in [0.5, 0.6) is 5.75 Å². The lowest BCUT2D eigenvalue weighted by Gasteiger charge is -2.09. The lowest BCUT2D eigenvalue weighted by Crippen LogP contribution is -2.32. The Balaban J connectivity index is 1.97. The summed E-state index contributed by atoms with van der Waals surface area (Å²) in [6.07, 6.45) is -3.74. The number of hydrogen-bond donors (Lipinski definition) is 2. The summed E-state index contributed by atoms with van der Waals surface area (Å²) in [7, 11) is 1.48. The number of hydrazone groups is 1. The van der Waals surface area contributed by atoms with Gasteiger partial charge < -0.3 is 10.1 Å². The molecule has 0 atom stereocenters. The van der Waals surface area contributed by atoms with Crippen molar-refractivity contribution in [3.8, 4) is 5.75 Å². The molecule has 0 radical (unpaired) electrons. The van der Waals surface area contributed by atoms with Crippen LogP contribution >= 0.6 is 0 Å². The minimum Gasteiger partial charge on any atom is -0.497 e. The molecule has 0 spiro atoms. The molecule has 2 N–H and O–H groups in total. The summed E-state index contributed by atoms with van der Waals surface area (Å²) >= 11 is 0. The second-order valence-electron chi connectivity index (χ2n) is 4.97. The number of hydrogen-bond acceptors (Lipinski definition) is 4. The highest BCUT2D eigenvalue weighted by molar-refractivity contribution is 6.39. The summed E-state index contributed by atoms with van der Waals surface area (Å²) in [6.45, 7) is 0. The number of methoxy groups -OCH3 is 1. The molecule has 0 fully saturated rings. The lowest BCUT2D eigenvalue weighted by molar-refractivity contribution is -0.137. The van der Waals surface area contributed by atoms with Crippen LogP contribution in [0, 0.1) is 0 Å². The number of nitrogens with zero attached hydrogens (tertiary/aromatic N) is 1. The summed E-state index contributed by atoms with van der Waals surface area (Å²) in [5.41, 5.74) is 1.08. The van der Waals surface area contributed by atoms with Gasteiger partial charge in [-0.15, -0.1) is 0 Å². The van der Waals surface area contributed by atoms with Crippen molar-refractivity contribution in [2.75, 3.05) is 12.4 Å². The molecule has 26 heavy (non-hydrogen) atoms. The van der Waals surface area contributed by atoms with Crippen LogP contribution in [0.15, 0.2) is 53.6 Å². The molecule has 0 aliphatic heterocycles. The van der Waals surface area contributed by atoms with Crippen LogP contribution in [0.3, 0.4) is 0 Å². The van der Waals surface area contributed by atoms with E-state index in [4.69, 9.17) is 4.74 Å². The highest BCUT2D eigenvalue weighted by Crippen LogP contribution is 2.31. The molecule has 0 aromatic heterocycles. The highest BCUT2D eigenvalue weighted by atomic mass is 19.4. The van der Waals surface area contributed by atoms with E-state index in [0.717, 1.165) is 12.3 Å². The molecule has 2 aromatic rings. The Morgan fingerprint density at radius 3 is 2.31 bits per heavy atom. The fraction of sp³-hybridized carbons (Fsp3) is 0.118. The van der Waals surface area contributed by atoms with Crippen LogP contribution in [0.2, 0.25) is 0 Å². The largest absolute Gasteiger partial charge is 0.497 e. The van der Waals surface area contributed by atoms with Crippen LogP contribution in [0.1, 0.15) is 11.1 Å². The van der Waals surface area contributed by atoms with E-state index in [-0.39, 0.29) is 5.56 Å². The lowest BCUT2D eigenvalue weighted by atomic mass is 10.1. The van der Waals surface area contributed by atoms with E-state index in [9.17, 15) is 22.8 Å². The Kier molecular flexibility index (Phi) is 5.94. The van der Waals surface area contributed by atoms with E-state index in [0.29, 0.717) is 11.4 Å². The number of halogens is 3. The Bertz CT molecular complexity index is 818. The number of ether oxygens (including phenoxy) is 1. The normalized spacial score (nSPS) is 11.2. The Morgan fingerprint density at radius 2 is 1.69 bits per heavy atom. The van der Waals surface area contributed by atoms with Crippen LogP contribution in [-0.4, -0.2) is 25.1 Å². The first-order chi connectivity index (χ1) is 12.3. The minimum absolute atomic E-state index is 0.240. The van der Waals surface area contributed by atoms with Gasteiger partial charge in [-0.25, -0.2) is 5.43 Å². The van der Waals surface area contributed by atoms with Crippen LogP contribution in [0.25, 0.3) is 0 Å². The van der Waals surface area contributed by atoms with Crippen molar-refractivity contribution < 1.29 is 27.5 Å². The number of anilines is 1. The van der Waals surface area contributed by atoms with E-state index < -0.39 is 23.6 Å². The number of alkyl halides is 3. The first-order valence-corrected chi connectivity index (χ1v) is 7.26. The third-order valence-corrected chi connectivity index (χ3v) is 3.19. The van der Waals surface area contributed by atoms with Crippen LogP contribution in [-0.2, 0) is 15.8 Å². The van der Waals surface area contributed by atoms with Crippen molar-refractivity contribution in [1.29, 1.82) is 0 Å². The van der Waals surface area contributed by atoms with E-state index >= 15 is 0 Å². The molecule has 2 aromatic carbocycles. The van der Waals surface area contributed by atoms with Gasteiger partial charge in [0, 0.05) is 11.3 Å². The average Bonchev–Trinajstić information content (AvgIpc) is 2.61. The van der Waals surface area contributed by atoms with Gasteiger partial charge in [0.2, 0.25) is 0 Å². The first-order valence-electron chi connectivity index (χ1n) is 7.26. The van der Waals surface area contributed by atoms with Crippen LogP contribution in [0.4, 0.5) is 18.9 Å². The smallest absolute Gasteiger partial charge is 0.417 e. The van der Waals surface area contributed by atoms with E-state index in [2.05, 4.69) is 10.4 Å². The van der Waals surface area contributed by atoms with Crippen molar-refractivity contribution in [2.24, 2.45) is 5.10 Å². The first kappa shape index (κ1) is 19.0. The molecular weight excluding hydrogens is 351 g/mol. The minimum atomic E-state index is -4.56. The third kappa shape index (κ3) is 5.07. The quantitative estimate of drug-likeness (QED) is 0.497. The van der Waals surface area contributed by atoms with Gasteiger partial charge in [0.15, 0.2) is 0 Å². The van der Waals surface area contributed by atoms with Gasteiger partial charge in [-0.2, -0.15) is 18.3 Å². The van der Waals surface area contributed by atoms with Gasteiger partial charge >= 0.3 is 18.0 Å². The molecule has 0 unspecified atom stereocenters. The number of rotatable bonds is 4. The van der Waals surface area contributed by atoms with E-state index in [1.54, 1.807) is 12.1 Å². The van der Waals surface area contributed by atoms with Gasteiger partial charge in [0.1, 0.15) is 5.75 Å². The SMILES string of the molecule is COc1ccc(NC(=O)C(=O)N/N=C/c2ccccc2C(F)(F)F)cc1. The molecule has 6 nitrogen and oxygen atoms in total. The van der Waals surface area contributed by atoms with Gasteiger partial charge in [0.25, 0.3) is 0 Å². The average molecular weight is 365 g/mol. The van der Waals surface area contributed by atoms with Gasteiger partial charge in [-0.1, -0.05) is 18.2 Å². The molecule has 0 heterocycles. The molecule has 0 bridgehead atoms. The molecule has 2 amide bonds. The topological polar surface area (TPSA) is 79.8 Å². The zero-order valence-corrected chi connectivity index (χ0v) is 13.5. The number of carbonyl (C=O) groups is 2. The van der Waals surface area contributed by atoms with E-state index in [1.165, 1.54) is 37.4 Å². The maximum atomic E-state index is 12.8. The van der Waals surface area contributed by atoms with Crippen molar-refractivity contribution in [1.82, 2.24) is 5.43 Å². The molecule has 0 saturated carbocycles. The third-order valence-electron chi connectivity index (χ3n) is 3.19. The van der Waals surface area contributed by atoms with Crippen molar-refractivity contribution in [3.63, 3.8) is 0 Å². The summed E-state index contributed by atoms with van der Waals surface area (Å²) in [6, 6.07) is 10.9. The number of nitrogens with one attached hydrogen (secondary N) is 2. The summed E-state index contributed by atoms with van der Waals surface area (Å²) in [5, 5.41) is 5.72. The fourth-order valence-electron chi connectivity index (χ4n) is 1.94. The monoisotopic (exact) mass is 365 g/mol. The van der Waals surface area contributed by atoms with Crippen molar-refractivity contribution >= 4 is 23.7 Å². The Hall–Kier alpha value is -3.36. The summed E-state index contributed by atoms with van der Waals surface area (Å²) < 4.78 is 43.5. The molecule has 0 aliphatic rings. The zero-order valence-electron chi connectivity index (χ0n) is 13.5. The van der Waals surface area contributed by atoms with Crippen LogP contribution < -0.4 is 15.5 Å². The number of carbonyl (C=O) groups excluding carboxylic acids is 2. The maximum Gasteiger partial charge on any atom is 0.417 e. The summed E-state index contributed by atoms with van der Waals surface area (Å²) in [5.74, 6) is -1.57. The highest BCUT2D eigenvalue weighted by Gasteiger charge is 2.32. The molecular formula is C17H14F3N3O3. The maximum absolute atomic E-state index is 12.8. The van der Waals surface area contributed by atoms with Gasteiger partial charge in [0.05, 0.1) is 18.9 Å².